The van der Waals surface area contributed by atoms with E-state index in [1.54, 1.807) is 24.3 Å². The Hall–Kier alpha value is -2.04. The van der Waals surface area contributed by atoms with E-state index >= 15 is 0 Å². The summed E-state index contributed by atoms with van der Waals surface area (Å²) in [5, 5.41) is 10.8. The summed E-state index contributed by atoms with van der Waals surface area (Å²) in [6.07, 6.45) is 0.0915. The zero-order chi connectivity index (χ0) is 14.0. The molecule has 0 aromatic heterocycles. The minimum absolute atomic E-state index is 0.00653. The molecule has 1 heterocycles. The fourth-order valence-electron chi connectivity index (χ4n) is 2.09. The van der Waals surface area contributed by atoms with E-state index in [0.717, 1.165) is 5.75 Å². The highest BCUT2D eigenvalue weighted by atomic mass is 16.5. The average molecular weight is 262 g/mol. The molecule has 19 heavy (non-hydrogen) atoms. The highest BCUT2D eigenvalue weighted by Crippen LogP contribution is 2.26. The summed E-state index contributed by atoms with van der Waals surface area (Å²) in [5.41, 5.74) is 0.685. The summed E-state index contributed by atoms with van der Waals surface area (Å²) in [4.78, 5) is 24.0. The van der Waals surface area contributed by atoms with Crippen molar-refractivity contribution >= 4 is 17.6 Å². The van der Waals surface area contributed by atoms with Crippen LogP contribution in [0.25, 0.3) is 0 Å². The van der Waals surface area contributed by atoms with Gasteiger partial charge >= 0.3 is 0 Å². The number of anilines is 1. The number of ether oxygens (including phenoxy) is 1. The zero-order valence-electron chi connectivity index (χ0n) is 11.0. The van der Waals surface area contributed by atoms with Crippen LogP contribution in [0, 0.1) is 5.92 Å². The topological polar surface area (TPSA) is 69.7 Å². The summed E-state index contributed by atoms with van der Waals surface area (Å²) < 4.78 is 5.51. The second kappa shape index (κ2) is 5.30. The number of carboxylic acid groups (broad SMARTS) is 1. The van der Waals surface area contributed by atoms with Crippen LogP contribution in [0.2, 0.25) is 0 Å². The number of hydrogen-bond donors (Lipinski definition) is 0. The monoisotopic (exact) mass is 262 g/mol. The molecule has 0 bridgehead atoms. The Morgan fingerprint density at radius 3 is 2.47 bits per heavy atom. The second-order valence-electron chi connectivity index (χ2n) is 4.88. The largest absolute Gasteiger partial charge is 0.550 e. The van der Waals surface area contributed by atoms with Crippen LogP contribution in [0.15, 0.2) is 24.3 Å². The second-order valence-corrected chi connectivity index (χ2v) is 4.88. The lowest BCUT2D eigenvalue weighted by molar-refractivity contribution is -0.310. The van der Waals surface area contributed by atoms with E-state index in [-0.39, 0.29) is 25.0 Å². The molecule has 5 nitrogen and oxygen atoms in total. The van der Waals surface area contributed by atoms with E-state index in [0.29, 0.717) is 5.69 Å². The standard InChI is InChI=1S/C14H17NO4/c1-9(2)19-12-5-3-11(4-6-12)15-8-10(14(17)18)7-13(15)16/h3-6,9-10H,7-8H2,1-2H3,(H,17,18)/p-1/t10-/m1/s1. The Morgan fingerprint density at radius 1 is 1.37 bits per heavy atom. The highest BCUT2D eigenvalue weighted by molar-refractivity contribution is 5.98. The molecule has 0 aliphatic carbocycles. The number of carboxylic acids is 1. The fourth-order valence-corrected chi connectivity index (χ4v) is 2.09. The van der Waals surface area contributed by atoms with Gasteiger partial charge in [0.1, 0.15) is 5.75 Å². The van der Waals surface area contributed by atoms with Crippen LogP contribution in [0.3, 0.4) is 0 Å². The lowest BCUT2D eigenvalue weighted by Gasteiger charge is -2.18. The molecule has 1 aliphatic rings. The molecular formula is C14H16NO4-. The van der Waals surface area contributed by atoms with Crippen molar-refractivity contribution in [1.29, 1.82) is 0 Å². The molecule has 1 amide bonds. The van der Waals surface area contributed by atoms with Crippen molar-refractivity contribution in [3.8, 4) is 5.75 Å². The number of benzene rings is 1. The Balaban J connectivity index is 2.10. The van der Waals surface area contributed by atoms with Crippen LogP contribution in [-0.2, 0) is 9.59 Å². The molecule has 0 saturated carbocycles. The van der Waals surface area contributed by atoms with Gasteiger partial charge in [0.2, 0.25) is 5.91 Å². The summed E-state index contributed by atoms with van der Waals surface area (Å²) in [6, 6.07) is 7.06. The van der Waals surface area contributed by atoms with Crippen LogP contribution in [0.4, 0.5) is 5.69 Å². The molecule has 1 atom stereocenters. The lowest BCUT2D eigenvalue weighted by Crippen LogP contribution is -2.33. The normalized spacial score (nSPS) is 19.0. The van der Waals surface area contributed by atoms with Gasteiger partial charge in [-0.15, -0.1) is 0 Å². The third-order valence-corrected chi connectivity index (χ3v) is 2.98. The van der Waals surface area contributed by atoms with Crippen molar-refractivity contribution in [2.75, 3.05) is 11.4 Å². The number of rotatable bonds is 4. The molecule has 1 fully saturated rings. The van der Waals surface area contributed by atoms with Crippen LogP contribution in [0.5, 0.6) is 5.75 Å². The molecule has 0 unspecified atom stereocenters. The Labute approximate surface area is 111 Å². The van der Waals surface area contributed by atoms with Crippen LogP contribution in [0.1, 0.15) is 20.3 Å². The molecule has 1 aromatic rings. The van der Waals surface area contributed by atoms with E-state index in [4.69, 9.17) is 4.74 Å². The van der Waals surface area contributed by atoms with Gasteiger partial charge in [-0.05, 0) is 38.1 Å². The molecular weight excluding hydrogens is 246 g/mol. The minimum atomic E-state index is -1.17. The Bertz CT molecular complexity index is 481. The van der Waals surface area contributed by atoms with Crippen molar-refractivity contribution in [3.05, 3.63) is 24.3 Å². The van der Waals surface area contributed by atoms with Crippen molar-refractivity contribution < 1.29 is 19.4 Å². The van der Waals surface area contributed by atoms with Gasteiger partial charge in [-0.2, -0.15) is 0 Å². The predicted molar refractivity (Wildman–Crippen MR) is 67.7 cm³/mol. The number of nitrogens with zero attached hydrogens (tertiary/aromatic N) is 1. The van der Waals surface area contributed by atoms with Crippen molar-refractivity contribution in [1.82, 2.24) is 0 Å². The number of hydrogen-bond acceptors (Lipinski definition) is 4. The maximum atomic E-state index is 11.8. The predicted octanol–water partition coefficient (Wildman–Crippen LogP) is 0.577. The molecule has 1 aliphatic heterocycles. The molecule has 2 rings (SSSR count). The molecule has 0 radical (unpaired) electrons. The highest BCUT2D eigenvalue weighted by Gasteiger charge is 2.31. The van der Waals surface area contributed by atoms with Gasteiger partial charge in [0.15, 0.2) is 0 Å². The van der Waals surface area contributed by atoms with E-state index < -0.39 is 11.9 Å². The summed E-state index contributed by atoms with van der Waals surface area (Å²) in [5.74, 6) is -1.36. The van der Waals surface area contributed by atoms with E-state index in [1.807, 2.05) is 13.8 Å². The summed E-state index contributed by atoms with van der Waals surface area (Å²) in [6.45, 7) is 4.04. The van der Waals surface area contributed by atoms with E-state index in [2.05, 4.69) is 0 Å². The number of carbonyl (C=O) groups is 2. The first-order valence-corrected chi connectivity index (χ1v) is 6.25. The molecule has 1 saturated heterocycles. The minimum Gasteiger partial charge on any atom is -0.550 e. The first-order chi connectivity index (χ1) is 8.97. The van der Waals surface area contributed by atoms with E-state index in [1.165, 1.54) is 4.90 Å². The van der Waals surface area contributed by atoms with Crippen LogP contribution >= 0.6 is 0 Å². The summed E-state index contributed by atoms with van der Waals surface area (Å²) >= 11 is 0. The maximum absolute atomic E-state index is 11.8. The van der Waals surface area contributed by atoms with E-state index in [9.17, 15) is 14.7 Å². The average Bonchev–Trinajstić information content (AvgIpc) is 2.72. The van der Waals surface area contributed by atoms with Crippen molar-refractivity contribution in [2.45, 2.75) is 26.4 Å². The smallest absolute Gasteiger partial charge is 0.227 e. The Kier molecular flexibility index (Phi) is 3.74. The SMILES string of the molecule is CC(C)Oc1ccc(N2C[C@H](C(=O)[O-])CC2=O)cc1. The zero-order valence-corrected chi connectivity index (χ0v) is 11.0. The van der Waals surface area contributed by atoms with Gasteiger partial charge in [0, 0.05) is 30.5 Å². The van der Waals surface area contributed by atoms with Crippen LogP contribution < -0.4 is 14.7 Å². The first kappa shape index (κ1) is 13.4. The van der Waals surface area contributed by atoms with Gasteiger partial charge in [0.25, 0.3) is 0 Å². The van der Waals surface area contributed by atoms with Gasteiger partial charge in [0.05, 0.1) is 6.10 Å². The first-order valence-electron chi connectivity index (χ1n) is 6.25. The fraction of sp³-hybridized carbons (Fsp3) is 0.429. The van der Waals surface area contributed by atoms with Gasteiger partial charge < -0.3 is 19.5 Å². The molecule has 1 aromatic carbocycles. The van der Waals surface area contributed by atoms with Crippen molar-refractivity contribution in [3.63, 3.8) is 0 Å². The van der Waals surface area contributed by atoms with Gasteiger partial charge in [-0.1, -0.05) is 0 Å². The Morgan fingerprint density at radius 2 is 2.00 bits per heavy atom. The number of carbonyl (C=O) groups excluding carboxylic acids is 2. The van der Waals surface area contributed by atoms with Crippen molar-refractivity contribution in [2.24, 2.45) is 5.92 Å². The molecule has 5 heteroatoms. The molecule has 0 N–H and O–H groups in total. The third-order valence-electron chi connectivity index (χ3n) is 2.98. The number of aliphatic carboxylic acids is 1. The lowest BCUT2D eigenvalue weighted by atomic mass is 10.1. The summed E-state index contributed by atoms with van der Waals surface area (Å²) in [7, 11) is 0. The molecule has 0 spiro atoms. The quantitative estimate of drug-likeness (QED) is 0.795. The maximum Gasteiger partial charge on any atom is 0.227 e. The van der Waals surface area contributed by atoms with Gasteiger partial charge in [-0.25, -0.2) is 0 Å². The third kappa shape index (κ3) is 3.05. The molecule has 102 valence electrons. The van der Waals surface area contributed by atoms with Gasteiger partial charge in [-0.3, -0.25) is 4.79 Å². The van der Waals surface area contributed by atoms with Crippen LogP contribution in [-0.4, -0.2) is 24.5 Å². The number of amides is 1.